The first-order chi connectivity index (χ1) is 11.5. The number of amides is 1. The Balaban J connectivity index is 1.82. The second kappa shape index (κ2) is 6.37. The van der Waals surface area contributed by atoms with E-state index in [9.17, 15) is 9.18 Å². The Morgan fingerprint density at radius 3 is 2.92 bits per heavy atom. The lowest BCUT2D eigenvalue weighted by Crippen LogP contribution is -2.49. The fraction of sp³-hybridized carbons (Fsp3) is 0.375. The van der Waals surface area contributed by atoms with Crippen LogP contribution in [0.2, 0.25) is 0 Å². The highest BCUT2D eigenvalue weighted by molar-refractivity contribution is 5.94. The molecule has 7 nitrogen and oxygen atoms in total. The van der Waals surface area contributed by atoms with Gasteiger partial charge in [0, 0.05) is 25.2 Å². The van der Waals surface area contributed by atoms with Gasteiger partial charge in [0.15, 0.2) is 5.82 Å². The molecule has 2 heterocycles. The molecule has 1 aliphatic heterocycles. The maximum Gasteiger partial charge on any atom is 0.254 e. The van der Waals surface area contributed by atoms with Crippen LogP contribution in [-0.4, -0.2) is 52.5 Å². The zero-order chi connectivity index (χ0) is 17.3. The van der Waals surface area contributed by atoms with Gasteiger partial charge < -0.3 is 9.42 Å². The first-order valence-corrected chi connectivity index (χ1v) is 7.49. The van der Waals surface area contributed by atoms with Crippen LogP contribution in [0.3, 0.4) is 0 Å². The van der Waals surface area contributed by atoms with Gasteiger partial charge in [0.1, 0.15) is 17.9 Å². The number of carbonyl (C=O) groups is 1. The Labute approximate surface area is 138 Å². The number of halogens is 1. The zero-order valence-electron chi connectivity index (χ0n) is 13.4. The fourth-order valence-corrected chi connectivity index (χ4v) is 2.70. The van der Waals surface area contributed by atoms with Gasteiger partial charge in [-0.15, -0.1) is 0 Å². The summed E-state index contributed by atoms with van der Waals surface area (Å²) in [6.45, 7) is 3.29. The van der Waals surface area contributed by atoms with Crippen molar-refractivity contribution in [2.45, 2.75) is 13.0 Å². The maximum absolute atomic E-state index is 13.4. The molecule has 0 spiro atoms. The Bertz CT molecular complexity index is 813. The number of rotatable bonds is 2. The average Bonchev–Trinajstić information content (AvgIpc) is 3.01. The summed E-state index contributed by atoms with van der Waals surface area (Å²) in [6.07, 6.45) is 0. The average molecular weight is 329 g/mol. The van der Waals surface area contributed by atoms with E-state index in [4.69, 9.17) is 9.78 Å². The number of piperazine rings is 1. The van der Waals surface area contributed by atoms with Crippen LogP contribution < -0.4 is 0 Å². The van der Waals surface area contributed by atoms with Crippen molar-refractivity contribution < 1.29 is 13.7 Å². The molecule has 3 rings (SSSR count). The third kappa shape index (κ3) is 2.98. The standard InChI is InChI=1S/C16H16FN5O2/c1-10-19-15(24-20-10)14-9-22(6-5-21(14)2)16(23)11-3-4-13(17)12(7-11)8-18/h3-4,7,14H,5-6,9H2,1-2H3/t14-/m0/s1. The van der Waals surface area contributed by atoms with Gasteiger partial charge in [-0.1, -0.05) is 5.16 Å². The van der Waals surface area contributed by atoms with Crippen LogP contribution in [0.15, 0.2) is 22.7 Å². The Hall–Kier alpha value is -2.79. The lowest BCUT2D eigenvalue weighted by molar-refractivity contribution is 0.0489. The minimum Gasteiger partial charge on any atom is -0.338 e. The smallest absolute Gasteiger partial charge is 0.254 e. The molecule has 1 aromatic heterocycles. The minimum atomic E-state index is -0.633. The maximum atomic E-state index is 13.4. The molecule has 124 valence electrons. The van der Waals surface area contributed by atoms with E-state index >= 15 is 0 Å². The second-order valence-electron chi connectivity index (χ2n) is 5.73. The van der Waals surface area contributed by atoms with E-state index in [0.717, 1.165) is 6.07 Å². The third-order valence-corrected chi connectivity index (χ3v) is 4.10. The largest absolute Gasteiger partial charge is 0.338 e. The monoisotopic (exact) mass is 329 g/mol. The molecule has 1 amide bonds. The number of nitrogens with zero attached hydrogens (tertiary/aromatic N) is 5. The Kier molecular flexibility index (Phi) is 4.27. The molecule has 0 saturated carbocycles. The van der Waals surface area contributed by atoms with Crippen molar-refractivity contribution in [1.29, 1.82) is 5.26 Å². The number of hydrogen-bond acceptors (Lipinski definition) is 6. The van der Waals surface area contributed by atoms with Gasteiger partial charge in [-0.05, 0) is 32.2 Å². The van der Waals surface area contributed by atoms with Crippen LogP contribution in [0, 0.1) is 24.1 Å². The van der Waals surface area contributed by atoms with Crippen molar-refractivity contribution in [2.75, 3.05) is 26.7 Å². The molecular formula is C16H16FN5O2. The number of likely N-dealkylation sites (N-methyl/N-ethyl adjacent to an activating group) is 1. The van der Waals surface area contributed by atoms with Crippen LogP contribution in [0.1, 0.15) is 33.7 Å². The lowest BCUT2D eigenvalue weighted by Gasteiger charge is -2.37. The molecule has 8 heteroatoms. The molecular weight excluding hydrogens is 313 g/mol. The van der Waals surface area contributed by atoms with Crippen molar-refractivity contribution >= 4 is 5.91 Å². The third-order valence-electron chi connectivity index (χ3n) is 4.10. The van der Waals surface area contributed by atoms with Crippen molar-refractivity contribution in [3.8, 4) is 6.07 Å². The summed E-state index contributed by atoms with van der Waals surface area (Å²) in [6, 6.07) is 5.37. The van der Waals surface area contributed by atoms with Gasteiger partial charge in [0.05, 0.1) is 5.56 Å². The molecule has 24 heavy (non-hydrogen) atoms. The number of hydrogen-bond donors (Lipinski definition) is 0. The number of aryl methyl sites for hydroxylation is 1. The summed E-state index contributed by atoms with van der Waals surface area (Å²) >= 11 is 0. The van der Waals surface area contributed by atoms with Crippen LogP contribution in [0.5, 0.6) is 0 Å². The second-order valence-corrected chi connectivity index (χ2v) is 5.73. The molecule has 1 aliphatic rings. The van der Waals surface area contributed by atoms with E-state index in [1.165, 1.54) is 12.1 Å². The van der Waals surface area contributed by atoms with Crippen LogP contribution >= 0.6 is 0 Å². The summed E-state index contributed by atoms with van der Waals surface area (Å²) in [5, 5.41) is 12.7. The van der Waals surface area contributed by atoms with Crippen LogP contribution in [-0.2, 0) is 0 Å². The highest BCUT2D eigenvalue weighted by Gasteiger charge is 2.32. The zero-order valence-corrected chi connectivity index (χ0v) is 13.4. The van der Waals surface area contributed by atoms with Gasteiger partial charge in [-0.2, -0.15) is 10.2 Å². The summed E-state index contributed by atoms with van der Waals surface area (Å²) < 4.78 is 18.7. The molecule has 0 unspecified atom stereocenters. The molecule has 0 bridgehead atoms. The van der Waals surface area contributed by atoms with E-state index in [0.29, 0.717) is 31.3 Å². The van der Waals surface area contributed by atoms with E-state index in [-0.39, 0.29) is 23.1 Å². The van der Waals surface area contributed by atoms with Gasteiger partial charge >= 0.3 is 0 Å². The topological polar surface area (TPSA) is 86.3 Å². The molecule has 1 saturated heterocycles. The predicted octanol–water partition coefficient (Wildman–Crippen LogP) is 1.52. The van der Waals surface area contributed by atoms with Gasteiger partial charge in [-0.25, -0.2) is 4.39 Å². The number of nitriles is 1. The molecule has 1 fully saturated rings. The Morgan fingerprint density at radius 2 is 2.25 bits per heavy atom. The molecule has 0 N–H and O–H groups in total. The molecule has 0 aliphatic carbocycles. The normalized spacial score (nSPS) is 18.4. The number of carbonyl (C=O) groups excluding carboxylic acids is 1. The summed E-state index contributed by atoms with van der Waals surface area (Å²) in [5.41, 5.74) is 0.150. The van der Waals surface area contributed by atoms with Crippen LogP contribution in [0.4, 0.5) is 4.39 Å². The Morgan fingerprint density at radius 1 is 1.46 bits per heavy atom. The predicted molar refractivity (Wildman–Crippen MR) is 81.4 cm³/mol. The lowest BCUT2D eigenvalue weighted by atomic mass is 10.1. The molecule has 1 aromatic carbocycles. The first kappa shape index (κ1) is 16.1. The minimum absolute atomic E-state index is 0.140. The SMILES string of the molecule is Cc1noc([C@@H]2CN(C(=O)c3ccc(F)c(C#N)c3)CCN2C)n1. The molecule has 1 atom stereocenters. The van der Waals surface area contributed by atoms with Gasteiger partial charge in [0.2, 0.25) is 5.89 Å². The fourth-order valence-electron chi connectivity index (χ4n) is 2.70. The van der Waals surface area contributed by atoms with Crippen molar-refractivity contribution in [1.82, 2.24) is 19.9 Å². The van der Waals surface area contributed by atoms with Gasteiger partial charge in [0.25, 0.3) is 5.91 Å². The quantitative estimate of drug-likeness (QED) is 0.830. The van der Waals surface area contributed by atoms with Crippen LogP contribution in [0.25, 0.3) is 0 Å². The number of benzene rings is 1. The number of aromatic nitrogens is 2. The van der Waals surface area contributed by atoms with Crippen molar-refractivity contribution in [3.05, 3.63) is 46.9 Å². The summed E-state index contributed by atoms with van der Waals surface area (Å²) in [5.74, 6) is 0.121. The molecule has 0 radical (unpaired) electrons. The molecule has 2 aromatic rings. The summed E-state index contributed by atoms with van der Waals surface area (Å²) in [7, 11) is 1.93. The highest BCUT2D eigenvalue weighted by atomic mass is 19.1. The van der Waals surface area contributed by atoms with E-state index in [2.05, 4.69) is 10.1 Å². The van der Waals surface area contributed by atoms with Crippen molar-refractivity contribution in [3.63, 3.8) is 0 Å². The van der Waals surface area contributed by atoms with E-state index in [1.54, 1.807) is 17.9 Å². The van der Waals surface area contributed by atoms with Crippen molar-refractivity contribution in [2.24, 2.45) is 0 Å². The first-order valence-electron chi connectivity index (χ1n) is 7.49. The highest BCUT2D eigenvalue weighted by Crippen LogP contribution is 2.24. The summed E-state index contributed by atoms with van der Waals surface area (Å²) in [4.78, 5) is 20.6. The van der Waals surface area contributed by atoms with E-state index < -0.39 is 5.82 Å². The van der Waals surface area contributed by atoms with E-state index in [1.807, 2.05) is 11.9 Å². The van der Waals surface area contributed by atoms with Gasteiger partial charge in [-0.3, -0.25) is 9.69 Å².